The van der Waals surface area contributed by atoms with Crippen LogP contribution in [-0.4, -0.2) is 25.2 Å². The molecular formula is C14H16N2O. The largest absolute Gasteiger partial charge is 0.481 e. The van der Waals surface area contributed by atoms with Gasteiger partial charge in [-0.25, -0.2) is 4.98 Å². The van der Waals surface area contributed by atoms with Crippen LogP contribution in [0.4, 0.5) is 0 Å². The lowest BCUT2D eigenvalue weighted by Crippen LogP contribution is -2.43. The molecule has 3 heteroatoms. The van der Waals surface area contributed by atoms with E-state index in [4.69, 9.17) is 4.74 Å². The molecule has 0 radical (unpaired) electrons. The highest BCUT2D eigenvalue weighted by molar-refractivity contribution is 5.80. The van der Waals surface area contributed by atoms with Crippen LogP contribution < -0.4 is 10.1 Å². The molecule has 0 spiro atoms. The molecule has 0 saturated carbocycles. The van der Waals surface area contributed by atoms with E-state index in [1.807, 2.05) is 18.2 Å². The summed E-state index contributed by atoms with van der Waals surface area (Å²) in [6.07, 6.45) is 1.05. The van der Waals surface area contributed by atoms with Gasteiger partial charge in [0.1, 0.15) is 0 Å². The molecule has 88 valence electrons. The summed E-state index contributed by atoms with van der Waals surface area (Å²) < 4.78 is 5.39. The molecule has 1 aliphatic heterocycles. The van der Waals surface area contributed by atoms with Gasteiger partial charge in [-0.2, -0.15) is 0 Å². The summed E-state index contributed by atoms with van der Waals surface area (Å²) in [5, 5.41) is 4.49. The quantitative estimate of drug-likeness (QED) is 0.872. The van der Waals surface area contributed by atoms with Crippen LogP contribution in [0.25, 0.3) is 10.9 Å². The van der Waals surface area contributed by atoms with Crippen molar-refractivity contribution in [3.8, 4) is 5.88 Å². The Hall–Kier alpha value is -1.61. The van der Waals surface area contributed by atoms with Gasteiger partial charge in [0.05, 0.1) is 12.6 Å². The van der Waals surface area contributed by atoms with Crippen molar-refractivity contribution in [3.05, 3.63) is 35.9 Å². The van der Waals surface area contributed by atoms with E-state index in [1.54, 1.807) is 7.11 Å². The maximum absolute atomic E-state index is 5.39. The Labute approximate surface area is 101 Å². The normalized spacial score (nSPS) is 15.8. The fraction of sp³-hybridized carbons (Fsp3) is 0.357. The van der Waals surface area contributed by atoms with Gasteiger partial charge in [-0.05, 0) is 37.6 Å². The minimum atomic E-state index is 0.729. The molecule has 0 unspecified atom stereocenters. The number of rotatable bonds is 3. The summed E-state index contributed by atoms with van der Waals surface area (Å²) in [7, 11) is 1.69. The van der Waals surface area contributed by atoms with E-state index < -0.39 is 0 Å². The van der Waals surface area contributed by atoms with Gasteiger partial charge in [0, 0.05) is 10.9 Å². The number of methoxy groups -OCH3 is 1. The molecule has 1 aromatic heterocycles. The lowest BCUT2D eigenvalue weighted by atomic mass is 9.94. The highest BCUT2D eigenvalue weighted by atomic mass is 16.5. The molecule has 1 aromatic carbocycles. The van der Waals surface area contributed by atoms with Crippen molar-refractivity contribution in [2.75, 3.05) is 20.2 Å². The number of aromatic nitrogens is 1. The SMILES string of the molecule is COc1nc2ccccc2cc1CC1CNC1. The van der Waals surface area contributed by atoms with Crippen molar-refractivity contribution in [1.82, 2.24) is 10.3 Å². The van der Waals surface area contributed by atoms with Crippen LogP contribution >= 0.6 is 0 Å². The molecule has 3 nitrogen and oxygen atoms in total. The molecule has 0 bridgehead atoms. The number of ether oxygens (including phenoxy) is 1. The average molecular weight is 228 g/mol. The Morgan fingerprint density at radius 3 is 2.88 bits per heavy atom. The van der Waals surface area contributed by atoms with Gasteiger partial charge >= 0.3 is 0 Å². The van der Waals surface area contributed by atoms with E-state index in [9.17, 15) is 0 Å². The van der Waals surface area contributed by atoms with Gasteiger partial charge < -0.3 is 10.1 Å². The molecule has 2 heterocycles. The van der Waals surface area contributed by atoms with Crippen molar-refractivity contribution in [1.29, 1.82) is 0 Å². The summed E-state index contributed by atoms with van der Waals surface area (Å²) >= 11 is 0. The molecule has 1 fully saturated rings. The second-order valence-corrected chi connectivity index (χ2v) is 4.58. The first kappa shape index (κ1) is 10.5. The Bertz CT molecular complexity index is 535. The Morgan fingerprint density at radius 2 is 2.18 bits per heavy atom. The predicted octanol–water partition coefficient (Wildman–Crippen LogP) is 2.01. The number of nitrogens with zero attached hydrogens (tertiary/aromatic N) is 1. The highest BCUT2D eigenvalue weighted by Gasteiger charge is 2.19. The Morgan fingerprint density at radius 1 is 1.35 bits per heavy atom. The lowest BCUT2D eigenvalue weighted by molar-refractivity contribution is 0.336. The van der Waals surface area contributed by atoms with Crippen molar-refractivity contribution < 1.29 is 4.74 Å². The smallest absolute Gasteiger partial charge is 0.216 e. The van der Waals surface area contributed by atoms with Crippen LogP contribution in [0.1, 0.15) is 5.56 Å². The predicted molar refractivity (Wildman–Crippen MR) is 68.4 cm³/mol. The third-order valence-corrected chi connectivity index (χ3v) is 3.33. The zero-order valence-electron chi connectivity index (χ0n) is 9.94. The van der Waals surface area contributed by atoms with E-state index >= 15 is 0 Å². The second kappa shape index (κ2) is 4.34. The molecule has 1 aliphatic rings. The molecule has 0 amide bonds. The van der Waals surface area contributed by atoms with E-state index in [0.29, 0.717) is 0 Å². The second-order valence-electron chi connectivity index (χ2n) is 4.58. The first-order valence-electron chi connectivity index (χ1n) is 6.00. The average Bonchev–Trinajstić information content (AvgIpc) is 2.32. The van der Waals surface area contributed by atoms with Crippen molar-refractivity contribution in [2.24, 2.45) is 5.92 Å². The van der Waals surface area contributed by atoms with Crippen molar-refractivity contribution in [2.45, 2.75) is 6.42 Å². The minimum Gasteiger partial charge on any atom is -0.481 e. The lowest BCUT2D eigenvalue weighted by Gasteiger charge is -2.27. The number of para-hydroxylation sites is 1. The Balaban J connectivity index is 2.01. The first-order chi connectivity index (χ1) is 8.36. The summed E-state index contributed by atoms with van der Waals surface area (Å²) in [6, 6.07) is 10.4. The van der Waals surface area contributed by atoms with Crippen LogP contribution in [0.3, 0.4) is 0 Å². The van der Waals surface area contributed by atoms with E-state index in [2.05, 4.69) is 22.4 Å². The van der Waals surface area contributed by atoms with Crippen LogP contribution in [0.15, 0.2) is 30.3 Å². The molecule has 17 heavy (non-hydrogen) atoms. The third-order valence-electron chi connectivity index (χ3n) is 3.33. The maximum atomic E-state index is 5.39. The number of hydrogen-bond donors (Lipinski definition) is 1. The summed E-state index contributed by atoms with van der Waals surface area (Å²) in [4.78, 5) is 4.56. The summed E-state index contributed by atoms with van der Waals surface area (Å²) in [5.74, 6) is 1.50. The molecule has 1 saturated heterocycles. The number of benzene rings is 1. The Kier molecular flexibility index (Phi) is 2.69. The maximum Gasteiger partial charge on any atom is 0.216 e. The van der Waals surface area contributed by atoms with Crippen LogP contribution in [-0.2, 0) is 6.42 Å². The van der Waals surface area contributed by atoms with Gasteiger partial charge in [-0.3, -0.25) is 0 Å². The molecule has 1 N–H and O–H groups in total. The van der Waals surface area contributed by atoms with Gasteiger partial charge in [-0.15, -0.1) is 0 Å². The number of nitrogens with one attached hydrogen (secondary N) is 1. The number of fused-ring (bicyclic) bond motifs is 1. The highest BCUT2D eigenvalue weighted by Crippen LogP contribution is 2.25. The number of hydrogen-bond acceptors (Lipinski definition) is 3. The van der Waals surface area contributed by atoms with Gasteiger partial charge in [0.25, 0.3) is 0 Å². The van der Waals surface area contributed by atoms with Gasteiger partial charge in [0.15, 0.2) is 0 Å². The number of pyridine rings is 1. The topological polar surface area (TPSA) is 34.1 Å². The molecule has 0 atom stereocenters. The van der Waals surface area contributed by atoms with Gasteiger partial charge in [0.2, 0.25) is 5.88 Å². The first-order valence-corrected chi connectivity index (χ1v) is 6.00. The molecule has 0 aliphatic carbocycles. The van der Waals surface area contributed by atoms with Crippen LogP contribution in [0.2, 0.25) is 0 Å². The fourth-order valence-electron chi connectivity index (χ4n) is 2.27. The van der Waals surface area contributed by atoms with Crippen LogP contribution in [0, 0.1) is 5.92 Å². The standard InChI is InChI=1S/C14H16N2O/c1-17-14-12(6-10-8-15-9-10)7-11-4-2-3-5-13(11)16-14/h2-5,7,10,15H,6,8-9H2,1H3. The van der Waals surface area contributed by atoms with E-state index in [1.165, 1.54) is 10.9 Å². The molecule has 3 rings (SSSR count). The zero-order valence-corrected chi connectivity index (χ0v) is 9.94. The molecule has 2 aromatic rings. The summed E-state index contributed by atoms with van der Waals surface area (Å²) in [5.41, 5.74) is 2.22. The van der Waals surface area contributed by atoms with Gasteiger partial charge in [-0.1, -0.05) is 18.2 Å². The van der Waals surface area contributed by atoms with E-state index in [0.717, 1.165) is 36.8 Å². The van der Waals surface area contributed by atoms with Crippen molar-refractivity contribution in [3.63, 3.8) is 0 Å². The van der Waals surface area contributed by atoms with Crippen molar-refractivity contribution >= 4 is 10.9 Å². The summed E-state index contributed by atoms with van der Waals surface area (Å²) in [6.45, 7) is 2.21. The fourth-order valence-corrected chi connectivity index (χ4v) is 2.27. The van der Waals surface area contributed by atoms with E-state index in [-0.39, 0.29) is 0 Å². The minimum absolute atomic E-state index is 0.729. The molecular weight excluding hydrogens is 212 g/mol. The van der Waals surface area contributed by atoms with Crippen LogP contribution in [0.5, 0.6) is 5.88 Å². The zero-order chi connectivity index (χ0) is 11.7. The third kappa shape index (κ3) is 1.98. The monoisotopic (exact) mass is 228 g/mol.